The van der Waals surface area contributed by atoms with Crippen LogP contribution in [0.3, 0.4) is 0 Å². The molecular formula is C46H39N6Pt+. The molecule has 4 heterocycles. The molecular weight excluding hydrogens is 832 g/mol. The molecule has 5 aromatic carbocycles. The molecule has 9 rings (SSSR count). The summed E-state index contributed by atoms with van der Waals surface area (Å²) in [6, 6.07) is 48.8. The van der Waals surface area contributed by atoms with Gasteiger partial charge in [0.05, 0.1) is 16.9 Å². The predicted octanol–water partition coefficient (Wildman–Crippen LogP) is 9.48. The zero-order valence-corrected chi connectivity index (χ0v) is 32.4. The molecule has 0 N–H and O–H groups in total. The first-order valence-corrected chi connectivity index (χ1v) is 17.8. The molecule has 0 amide bonds. The largest absolute Gasteiger partial charge is 0.318 e. The number of rotatable bonds is 4. The zero-order valence-electron chi connectivity index (χ0n) is 30.1. The minimum absolute atomic E-state index is 0. The van der Waals surface area contributed by atoms with Gasteiger partial charge in [0.1, 0.15) is 18.1 Å². The molecule has 0 saturated carbocycles. The number of hydrogen-bond acceptors (Lipinski definition) is 2. The van der Waals surface area contributed by atoms with Crippen molar-refractivity contribution in [2.24, 2.45) is 0 Å². The van der Waals surface area contributed by atoms with Crippen LogP contribution >= 0.6 is 0 Å². The van der Waals surface area contributed by atoms with Crippen LogP contribution in [0, 0.1) is 33.8 Å². The fourth-order valence-electron chi connectivity index (χ4n) is 7.89. The van der Waals surface area contributed by atoms with Gasteiger partial charge in [-0.1, -0.05) is 84.4 Å². The van der Waals surface area contributed by atoms with Crippen molar-refractivity contribution in [3.8, 4) is 34.0 Å². The summed E-state index contributed by atoms with van der Waals surface area (Å²) in [7, 11) is 0. The van der Waals surface area contributed by atoms with Gasteiger partial charge in [-0.2, -0.15) is 4.57 Å². The van der Waals surface area contributed by atoms with E-state index in [1.807, 2.05) is 0 Å². The number of para-hydroxylation sites is 3. The van der Waals surface area contributed by atoms with E-state index in [9.17, 15) is 0 Å². The number of fused-ring (bicyclic) bond motifs is 8. The molecule has 262 valence electrons. The standard InChI is InChI=1S/C46H39N6.Pt/c1-32-16-13-17-33(2)42(32)49-28-29-50-44(49)36-20-15-23-38(30-36)52(37-21-7-5-8-22-37)46-47-41(31-51(46)43-34(3)18-14-19-35(43)4)39-24-9-10-25-40(39)45(50)48-26-11-6-12-27-48;/h5-29,31,45H,1-4H3;/q+1;. The van der Waals surface area contributed by atoms with Crippen LogP contribution < -0.4 is 14.0 Å². The van der Waals surface area contributed by atoms with Crippen LogP contribution in [0.5, 0.6) is 0 Å². The Balaban J connectivity index is 0.00000400. The Morgan fingerprint density at radius 2 is 1.21 bits per heavy atom. The smallest absolute Gasteiger partial charge is 0.298 e. The summed E-state index contributed by atoms with van der Waals surface area (Å²) in [5.41, 5.74) is 13.0. The van der Waals surface area contributed by atoms with E-state index in [0.29, 0.717) is 0 Å². The van der Waals surface area contributed by atoms with Gasteiger partial charge in [-0.15, -0.1) is 24.3 Å². The molecule has 0 fully saturated rings. The number of benzene rings is 5. The van der Waals surface area contributed by atoms with Crippen molar-refractivity contribution in [2.75, 3.05) is 4.90 Å². The molecule has 0 spiro atoms. The van der Waals surface area contributed by atoms with Gasteiger partial charge in [-0.05, 0) is 73.8 Å². The summed E-state index contributed by atoms with van der Waals surface area (Å²) in [6.07, 6.45) is 10.7. The van der Waals surface area contributed by atoms with Gasteiger partial charge in [0.15, 0.2) is 12.4 Å². The molecule has 0 radical (unpaired) electrons. The Bertz CT molecular complexity index is 2550. The van der Waals surface area contributed by atoms with Gasteiger partial charge in [0.2, 0.25) is 11.8 Å². The molecule has 6 nitrogen and oxygen atoms in total. The van der Waals surface area contributed by atoms with Crippen molar-refractivity contribution in [3.63, 3.8) is 0 Å². The second-order valence-corrected chi connectivity index (χ2v) is 13.6. The maximum Gasteiger partial charge on any atom is 0.318 e. The average molecular weight is 871 g/mol. The Labute approximate surface area is 325 Å². The predicted molar refractivity (Wildman–Crippen MR) is 207 cm³/mol. The second kappa shape index (κ2) is 13.9. The van der Waals surface area contributed by atoms with Crippen molar-refractivity contribution < 1.29 is 30.2 Å². The van der Waals surface area contributed by atoms with E-state index in [4.69, 9.17) is 4.98 Å². The fraction of sp³-hybridized carbons (Fsp3) is 0.109. The molecule has 0 aliphatic carbocycles. The third kappa shape index (κ3) is 5.84. The van der Waals surface area contributed by atoms with Crippen LogP contribution in [0.2, 0.25) is 0 Å². The van der Waals surface area contributed by atoms with Crippen molar-refractivity contribution in [1.82, 2.24) is 14.1 Å². The van der Waals surface area contributed by atoms with Gasteiger partial charge in [-0.25, -0.2) is 14.1 Å². The topological polar surface area (TPSA) is 33.8 Å². The van der Waals surface area contributed by atoms with Crippen molar-refractivity contribution in [1.29, 1.82) is 0 Å². The monoisotopic (exact) mass is 870 g/mol. The van der Waals surface area contributed by atoms with Crippen LogP contribution in [0.15, 0.2) is 158 Å². The van der Waals surface area contributed by atoms with Gasteiger partial charge >= 0.3 is 6.17 Å². The Morgan fingerprint density at radius 1 is 0.604 bits per heavy atom. The van der Waals surface area contributed by atoms with Gasteiger partial charge in [-0.3, -0.25) is 9.47 Å². The molecule has 3 aromatic heterocycles. The Kier molecular flexibility index (Phi) is 9.01. The summed E-state index contributed by atoms with van der Waals surface area (Å²) in [4.78, 5) is 7.80. The summed E-state index contributed by atoms with van der Waals surface area (Å²) in [6.45, 7) is 8.73. The summed E-state index contributed by atoms with van der Waals surface area (Å²) in [5, 5.41) is 0. The van der Waals surface area contributed by atoms with Crippen LogP contribution in [0.25, 0.3) is 34.0 Å². The van der Waals surface area contributed by atoms with E-state index in [1.54, 1.807) is 0 Å². The minimum Gasteiger partial charge on any atom is -0.298 e. The van der Waals surface area contributed by atoms with Crippen molar-refractivity contribution >= 4 is 17.3 Å². The number of imidazole rings is 2. The summed E-state index contributed by atoms with van der Waals surface area (Å²) < 4.78 is 9.28. The molecule has 7 heteroatoms. The number of nitrogens with zero attached hydrogens (tertiary/aromatic N) is 6. The molecule has 1 atom stereocenters. The van der Waals surface area contributed by atoms with Crippen molar-refractivity contribution in [2.45, 2.75) is 33.9 Å². The number of aromatic nitrogens is 5. The molecule has 8 aromatic rings. The maximum absolute atomic E-state index is 5.56. The maximum atomic E-state index is 5.56. The zero-order chi connectivity index (χ0) is 35.3. The number of hydrogen-bond donors (Lipinski definition) is 0. The first kappa shape index (κ1) is 34.3. The van der Waals surface area contributed by atoms with Gasteiger partial charge in [0, 0.05) is 50.6 Å². The molecule has 4 bridgehead atoms. The van der Waals surface area contributed by atoms with E-state index < -0.39 is 0 Å². The van der Waals surface area contributed by atoms with E-state index in [2.05, 4.69) is 215 Å². The van der Waals surface area contributed by atoms with E-state index in [0.717, 1.165) is 51.2 Å². The Morgan fingerprint density at radius 3 is 1.91 bits per heavy atom. The van der Waals surface area contributed by atoms with Gasteiger partial charge < -0.3 is 0 Å². The second-order valence-electron chi connectivity index (χ2n) is 13.6. The first-order valence-electron chi connectivity index (χ1n) is 17.8. The molecule has 1 unspecified atom stereocenters. The molecule has 1 aliphatic rings. The first-order chi connectivity index (χ1) is 25.5. The number of pyridine rings is 1. The third-order valence-electron chi connectivity index (χ3n) is 10.2. The van der Waals surface area contributed by atoms with Crippen molar-refractivity contribution in [3.05, 3.63) is 192 Å². The van der Waals surface area contributed by atoms with E-state index in [-0.39, 0.29) is 27.2 Å². The summed E-state index contributed by atoms with van der Waals surface area (Å²) >= 11 is 0. The average Bonchev–Trinajstić information content (AvgIpc) is 3.78. The molecule has 53 heavy (non-hydrogen) atoms. The van der Waals surface area contributed by atoms with Crippen LogP contribution in [0.4, 0.5) is 17.3 Å². The van der Waals surface area contributed by atoms with Crippen LogP contribution in [-0.2, 0) is 21.1 Å². The van der Waals surface area contributed by atoms with Crippen LogP contribution in [-0.4, -0.2) is 14.1 Å². The number of anilines is 3. The van der Waals surface area contributed by atoms with E-state index >= 15 is 0 Å². The van der Waals surface area contributed by atoms with Crippen LogP contribution in [0.1, 0.15) is 34.0 Å². The quantitative estimate of drug-likeness (QED) is 0.131. The summed E-state index contributed by atoms with van der Waals surface area (Å²) in [5.74, 6) is 1.82. The minimum atomic E-state index is -0.242. The fourth-order valence-corrected chi connectivity index (χ4v) is 7.89. The number of aryl methyl sites for hydroxylation is 4. The normalized spacial score (nSPS) is 13.3. The van der Waals surface area contributed by atoms with E-state index in [1.165, 1.54) is 27.9 Å². The SMILES string of the molecule is Cc1cccc(C)c1-n1cc2nc1N(c1ccccc1)c1[c-]c(ccc1)-c1n(-c3c(C)cccc3C)cc[n+]1C([n+]1ccccc1)c1ccccc1-2.[Pt]. The third-order valence-corrected chi connectivity index (χ3v) is 10.2. The molecule has 0 saturated heterocycles. The molecule has 1 aliphatic heterocycles. The van der Waals surface area contributed by atoms with Gasteiger partial charge in [0.25, 0.3) is 0 Å². The Hall–Kier alpha value is -5.84.